The van der Waals surface area contributed by atoms with Gasteiger partial charge in [-0.25, -0.2) is 0 Å². The Balaban J connectivity index is 0.000000375. The van der Waals surface area contributed by atoms with Crippen LogP contribution in [0.25, 0.3) is 0 Å². The van der Waals surface area contributed by atoms with Crippen molar-refractivity contribution in [2.75, 3.05) is 19.6 Å². The Bertz CT molecular complexity index is 1090. The van der Waals surface area contributed by atoms with E-state index in [1.54, 1.807) is 30.3 Å². The third-order valence-electron chi connectivity index (χ3n) is 7.29. The Morgan fingerprint density at radius 3 is 2.17 bits per heavy atom. The Morgan fingerprint density at radius 2 is 1.56 bits per heavy atom. The lowest BCUT2D eigenvalue weighted by Gasteiger charge is -2.31. The van der Waals surface area contributed by atoms with E-state index in [-0.39, 0.29) is 12.2 Å². The summed E-state index contributed by atoms with van der Waals surface area (Å²) in [6.07, 6.45) is 1.10. The van der Waals surface area contributed by atoms with E-state index in [1.807, 2.05) is 18.2 Å². The largest absolute Gasteiger partial charge is 0.508 e. The van der Waals surface area contributed by atoms with Crippen molar-refractivity contribution >= 4 is 0 Å². The number of ether oxygens (including phenoxy) is 2. The van der Waals surface area contributed by atoms with E-state index in [2.05, 4.69) is 56.9 Å². The van der Waals surface area contributed by atoms with E-state index in [0.29, 0.717) is 17.4 Å². The molecule has 1 saturated heterocycles. The zero-order valence-electron chi connectivity index (χ0n) is 21.8. The molecule has 0 spiro atoms. The standard InChI is InChI=1S/C25H33NO3.C6H6O/c1-16-11-25(29-24-10-7-21(27)12-23(16)24)20-5-8-22(9-6-20)28-19(4)15-26-13-17(2)18(3)14-26;7-6-4-2-1-3-5-6/h5-10,12,16-19,25,27H,11,13-15H2,1-4H3;1-5,7H/t16-,17-,18+,19+,25+;/m0./s1. The number of phenols is 2. The fourth-order valence-electron chi connectivity index (χ4n) is 5.10. The number of aromatic hydroxyl groups is 2. The van der Waals surface area contributed by atoms with Gasteiger partial charge in [-0.3, -0.25) is 4.90 Å². The van der Waals surface area contributed by atoms with Gasteiger partial charge in [-0.05, 0) is 79.1 Å². The summed E-state index contributed by atoms with van der Waals surface area (Å²) in [6.45, 7) is 12.3. The minimum atomic E-state index is 0.0288. The second-order valence-electron chi connectivity index (χ2n) is 10.5. The van der Waals surface area contributed by atoms with Crippen LogP contribution in [0.15, 0.2) is 72.8 Å². The van der Waals surface area contributed by atoms with E-state index in [0.717, 1.165) is 47.4 Å². The van der Waals surface area contributed by atoms with Crippen LogP contribution in [0.5, 0.6) is 23.0 Å². The van der Waals surface area contributed by atoms with E-state index >= 15 is 0 Å². The zero-order valence-corrected chi connectivity index (χ0v) is 21.8. The van der Waals surface area contributed by atoms with E-state index in [1.165, 1.54) is 13.1 Å². The van der Waals surface area contributed by atoms with Gasteiger partial charge < -0.3 is 19.7 Å². The summed E-state index contributed by atoms with van der Waals surface area (Å²) in [7, 11) is 0. The summed E-state index contributed by atoms with van der Waals surface area (Å²) >= 11 is 0. The fraction of sp³-hybridized carbons (Fsp3) is 0.419. The number of para-hydroxylation sites is 1. The summed E-state index contributed by atoms with van der Waals surface area (Å²) in [5.41, 5.74) is 2.25. The van der Waals surface area contributed by atoms with Crippen LogP contribution in [0.3, 0.4) is 0 Å². The molecule has 5 atom stereocenters. The molecular formula is C31H39NO4. The maximum absolute atomic E-state index is 9.73. The molecular weight excluding hydrogens is 450 g/mol. The Hall–Kier alpha value is -3.18. The molecule has 36 heavy (non-hydrogen) atoms. The monoisotopic (exact) mass is 489 g/mol. The molecule has 0 amide bonds. The van der Waals surface area contributed by atoms with Crippen LogP contribution in [-0.2, 0) is 0 Å². The first-order valence-electron chi connectivity index (χ1n) is 13.0. The smallest absolute Gasteiger partial charge is 0.124 e. The molecule has 0 aliphatic carbocycles. The van der Waals surface area contributed by atoms with E-state index < -0.39 is 0 Å². The number of likely N-dealkylation sites (tertiary alicyclic amines) is 1. The van der Waals surface area contributed by atoms with Gasteiger partial charge in [-0.15, -0.1) is 0 Å². The highest BCUT2D eigenvalue weighted by Crippen LogP contribution is 2.43. The van der Waals surface area contributed by atoms with E-state index in [4.69, 9.17) is 14.6 Å². The van der Waals surface area contributed by atoms with Crippen molar-refractivity contribution in [3.63, 3.8) is 0 Å². The van der Waals surface area contributed by atoms with Crippen LogP contribution in [0.2, 0.25) is 0 Å². The summed E-state index contributed by atoms with van der Waals surface area (Å²) in [5.74, 6) is 4.29. The number of hydrogen-bond donors (Lipinski definition) is 2. The third kappa shape index (κ3) is 6.73. The van der Waals surface area contributed by atoms with Crippen LogP contribution in [0, 0.1) is 11.8 Å². The maximum atomic E-state index is 9.73. The highest BCUT2D eigenvalue weighted by Gasteiger charge is 2.28. The maximum Gasteiger partial charge on any atom is 0.124 e. The summed E-state index contributed by atoms with van der Waals surface area (Å²) in [5, 5.41) is 18.4. The lowest BCUT2D eigenvalue weighted by atomic mass is 9.89. The summed E-state index contributed by atoms with van der Waals surface area (Å²) in [6, 6.07) is 22.4. The molecule has 0 aromatic heterocycles. The molecule has 0 radical (unpaired) electrons. The first-order valence-corrected chi connectivity index (χ1v) is 13.0. The molecule has 0 bridgehead atoms. The summed E-state index contributed by atoms with van der Waals surface area (Å²) in [4.78, 5) is 2.51. The Kier molecular flexibility index (Phi) is 8.42. The molecule has 2 heterocycles. The van der Waals surface area contributed by atoms with Crippen molar-refractivity contribution in [3.05, 3.63) is 83.9 Å². The van der Waals surface area contributed by atoms with Crippen molar-refractivity contribution in [3.8, 4) is 23.0 Å². The van der Waals surface area contributed by atoms with Crippen LogP contribution >= 0.6 is 0 Å². The van der Waals surface area contributed by atoms with E-state index in [9.17, 15) is 5.11 Å². The molecule has 5 heteroatoms. The van der Waals surface area contributed by atoms with Gasteiger partial charge in [0.05, 0.1) is 0 Å². The predicted octanol–water partition coefficient (Wildman–Crippen LogP) is 6.77. The van der Waals surface area contributed by atoms with Gasteiger partial charge in [0.25, 0.3) is 0 Å². The van der Waals surface area contributed by atoms with Crippen LogP contribution in [-0.4, -0.2) is 40.9 Å². The molecule has 3 aromatic carbocycles. The molecule has 2 N–H and O–H groups in total. The second kappa shape index (κ2) is 11.7. The van der Waals surface area contributed by atoms with Crippen molar-refractivity contribution in [2.45, 2.75) is 52.2 Å². The second-order valence-corrected chi connectivity index (χ2v) is 10.5. The van der Waals surface area contributed by atoms with Gasteiger partial charge in [-0.1, -0.05) is 51.1 Å². The molecule has 0 saturated carbocycles. The highest BCUT2D eigenvalue weighted by atomic mass is 16.5. The molecule has 0 unspecified atom stereocenters. The minimum Gasteiger partial charge on any atom is -0.508 e. The number of fused-ring (bicyclic) bond motifs is 1. The number of nitrogens with zero attached hydrogens (tertiary/aromatic N) is 1. The van der Waals surface area contributed by atoms with Gasteiger partial charge in [0, 0.05) is 25.2 Å². The van der Waals surface area contributed by atoms with Crippen LogP contribution in [0.1, 0.15) is 57.3 Å². The molecule has 3 aromatic rings. The molecule has 5 nitrogen and oxygen atoms in total. The van der Waals surface area contributed by atoms with Gasteiger partial charge in [0.15, 0.2) is 0 Å². The van der Waals surface area contributed by atoms with Gasteiger partial charge in [0.1, 0.15) is 35.2 Å². The lowest BCUT2D eigenvalue weighted by molar-refractivity contribution is 0.157. The average Bonchev–Trinajstić information content (AvgIpc) is 3.17. The van der Waals surface area contributed by atoms with Crippen molar-refractivity contribution in [1.29, 1.82) is 0 Å². The summed E-state index contributed by atoms with van der Waals surface area (Å²) < 4.78 is 12.4. The quantitative estimate of drug-likeness (QED) is 0.414. The van der Waals surface area contributed by atoms with Crippen LogP contribution in [0.4, 0.5) is 0 Å². The zero-order chi connectivity index (χ0) is 25.7. The Morgan fingerprint density at radius 1 is 0.889 bits per heavy atom. The number of benzene rings is 3. The van der Waals surface area contributed by atoms with Gasteiger partial charge >= 0.3 is 0 Å². The fourth-order valence-corrected chi connectivity index (χ4v) is 5.10. The molecule has 2 aliphatic heterocycles. The molecule has 1 fully saturated rings. The average molecular weight is 490 g/mol. The number of phenolic OH excluding ortho intramolecular Hbond substituents is 2. The molecule has 5 rings (SSSR count). The molecule has 192 valence electrons. The Labute approximate surface area is 215 Å². The normalized spacial score (nSPS) is 24.1. The lowest BCUT2D eigenvalue weighted by Crippen LogP contribution is -2.32. The predicted molar refractivity (Wildman–Crippen MR) is 144 cm³/mol. The SMILES string of the molecule is C[C@H](CN1C[C@@H](C)[C@@H](C)C1)Oc1ccc([C@H]2C[C@H](C)c3cc(O)ccc3O2)cc1.Oc1ccccc1. The minimum absolute atomic E-state index is 0.0288. The number of hydrogen-bond acceptors (Lipinski definition) is 5. The van der Waals surface area contributed by atoms with Crippen molar-refractivity contribution in [2.24, 2.45) is 11.8 Å². The number of rotatable bonds is 5. The van der Waals surface area contributed by atoms with Crippen LogP contribution < -0.4 is 9.47 Å². The third-order valence-corrected chi connectivity index (χ3v) is 7.29. The highest BCUT2D eigenvalue weighted by molar-refractivity contribution is 5.44. The topological polar surface area (TPSA) is 62.2 Å². The van der Waals surface area contributed by atoms with Gasteiger partial charge in [0.2, 0.25) is 0 Å². The van der Waals surface area contributed by atoms with Crippen molar-refractivity contribution in [1.82, 2.24) is 4.90 Å². The van der Waals surface area contributed by atoms with Gasteiger partial charge in [-0.2, -0.15) is 0 Å². The first-order chi connectivity index (χ1) is 17.3. The first kappa shape index (κ1) is 25.9. The van der Waals surface area contributed by atoms with Crippen molar-refractivity contribution < 1.29 is 19.7 Å². The molecule has 2 aliphatic rings.